The fraction of sp³-hybridized carbons (Fsp3) is 0.167. The van der Waals surface area contributed by atoms with E-state index >= 15 is 0 Å². The van der Waals surface area contributed by atoms with E-state index in [0.29, 0.717) is 23.8 Å². The van der Waals surface area contributed by atoms with E-state index in [1.165, 1.54) is 11.3 Å². The molecule has 0 aliphatic carbocycles. The fourth-order valence-corrected chi connectivity index (χ4v) is 2.76. The standard InChI is InChI=1S/C18H15NO5S/c1-2-22-16(20)11-23-13-6-3-5-12(9-13)10-14-18(21)24-17(19-14)15-7-4-8-25-15/h3-10H,2,11H2,1H3/b14-10+. The molecule has 0 radical (unpaired) electrons. The van der Waals surface area contributed by atoms with Gasteiger partial charge in [0.2, 0.25) is 5.90 Å². The van der Waals surface area contributed by atoms with Crippen molar-refractivity contribution in [3.63, 3.8) is 0 Å². The maximum Gasteiger partial charge on any atom is 0.363 e. The zero-order chi connectivity index (χ0) is 17.6. The zero-order valence-electron chi connectivity index (χ0n) is 13.4. The van der Waals surface area contributed by atoms with Gasteiger partial charge < -0.3 is 14.2 Å². The number of aliphatic imine (C=N–C) groups is 1. The third kappa shape index (κ3) is 4.33. The maximum absolute atomic E-state index is 12.0. The Hall–Kier alpha value is -2.93. The summed E-state index contributed by atoms with van der Waals surface area (Å²) in [5, 5.41) is 1.89. The molecule has 1 aliphatic heterocycles. The van der Waals surface area contributed by atoms with E-state index in [-0.39, 0.29) is 12.3 Å². The van der Waals surface area contributed by atoms with Gasteiger partial charge >= 0.3 is 11.9 Å². The maximum atomic E-state index is 12.0. The Labute approximate surface area is 148 Å². The molecule has 1 aromatic carbocycles. The molecule has 2 heterocycles. The van der Waals surface area contributed by atoms with Gasteiger partial charge in [-0.3, -0.25) is 0 Å². The number of hydrogen-bond acceptors (Lipinski definition) is 7. The Morgan fingerprint density at radius 1 is 1.32 bits per heavy atom. The van der Waals surface area contributed by atoms with Crippen molar-refractivity contribution < 1.29 is 23.8 Å². The van der Waals surface area contributed by atoms with Crippen LogP contribution in [0.5, 0.6) is 5.75 Å². The van der Waals surface area contributed by atoms with Gasteiger partial charge in [0.05, 0.1) is 11.5 Å². The number of carbonyl (C=O) groups is 2. The van der Waals surface area contributed by atoms with Gasteiger partial charge in [-0.2, -0.15) is 0 Å². The van der Waals surface area contributed by atoms with Crippen LogP contribution in [0.3, 0.4) is 0 Å². The summed E-state index contributed by atoms with van der Waals surface area (Å²) in [6, 6.07) is 10.7. The van der Waals surface area contributed by atoms with Crippen molar-refractivity contribution in [2.24, 2.45) is 4.99 Å². The first-order valence-electron chi connectivity index (χ1n) is 7.60. The highest BCUT2D eigenvalue weighted by Gasteiger charge is 2.24. The molecule has 0 amide bonds. The van der Waals surface area contributed by atoms with Crippen molar-refractivity contribution in [3.8, 4) is 5.75 Å². The Balaban J connectivity index is 1.74. The first-order chi connectivity index (χ1) is 12.2. The van der Waals surface area contributed by atoms with E-state index in [0.717, 1.165) is 4.88 Å². The van der Waals surface area contributed by atoms with E-state index in [2.05, 4.69) is 4.99 Å². The summed E-state index contributed by atoms with van der Waals surface area (Å²) in [6.45, 7) is 1.87. The SMILES string of the molecule is CCOC(=O)COc1cccc(/C=C2/N=C(c3cccs3)OC2=O)c1. The van der Waals surface area contributed by atoms with E-state index in [1.54, 1.807) is 37.3 Å². The predicted molar refractivity (Wildman–Crippen MR) is 93.5 cm³/mol. The summed E-state index contributed by atoms with van der Waals surface area (Å²) in [5.74, 6) is -0.130. The molecule has 0 unspecified atom stereocenters. The van der Waals surface area contributed by atoms with Gasteiger partial charge in [-0.1, -0.05) is 18.2 Å². The third-order valence-corrected chi connectivity index (χ3v) is 4.03. The number of rotatable bonds is 6. The summed E-state index contributed by atoms with van der Waals surface area (Å²) in [5.41, 5.74) is 0.926. The molecule has 0 saturated heterocycles. The topological polar surface area (TPSA) is 74.2 Å². The van der Waals surface area contributed by atoms with Gasteiger partial charge in [-0.15, -0.1) is 11.3 Å². The number of esters is 2. The average molecular weight is 357 g/mol. The highest BCUT2D eigenvalue weighted by molar-refractivity contribution is 7.12. The van der Waals surface area contributed by atoms with Crippen molar-refractivity contribution in [2.45, 2.75) is 6.92 Å². The number of thiophene rings is 1. The number of ether oxygens (including phenoxy) is 3. The molecule has 1 aliphatic rings. The van der Waals surface area contributed by atoms with Gasteiger partial charge in [0.25, 0.3) is 0 Å². The van der Waals surface area contributed by atoms with Gasteiger partial charge in [0.1, 0.15) is 5.75 Å². The summed E-state index contributed by atoms with van der Waals surface area (Å²) in [7, 11) is 0. The van der Waals surface area contributed by atoms with E-state index in [1.807, 2.05) is 17.5 Å². The summed E-state index contributed by atoms with van der Waals surface area (Å²) >= 11 is 1.45. The number of hydrogen-bond donors (Lipinski definition) is 0. The molecule has 6 nitrogen and oxygen atoms in total. The van der Waals surface area contributed by atoms with Gasteiger partial charge in [0.15, 0.2) is 12.3 Å². The summed E-state index contributed by atoms with van der Waals surface area (Å²) in [4.78, 5) is 28.3. The lowest BCUT2D eigenvalue weighted by molar-refractivity contribution is -0.145. The minimum atomic E-state index is -0.499. The van der Waals surface area contributed by atoms with Gasteiger partial charge in [-0.05, 0) is 42.1 Å². The lowest BCUT2D eigenvalue weighted by Crippen LogP contribution is -2.14. The Kier molecular flexibility index (Phi) is 5.25. The second-order valence-electron chi connectivity index (χ2n) is 4.98. The van der Waals surface area contributed by atoms with Crippen LogP contribution in [0.15, 0.2) is 52.5 Å². The van der Waals surface area contributed by atoms with Crippen molar-refractivity contribution >= 4 is 35.2 Å². The van der Waals surface area contributed by atoms with Crippen LogP contribution in [0.1, 0.15) is 17.4 Å². The molecule has 128 valence electrons. The molecule has 0 bridgehead atoms. The molecule has 25 heavy (non-hydrogen) atoms. The van der Waals surface area contributed by atoms with Crippen molar-refractivity contribution in [1.29, 1.82) is 0 Å². The quantitative estimate of drug-likeness (QED) is 0.587. The molecular formula is C18H15NO5S. The lowest BCUT2D eigenvalue weighted by Gasteiger charge is -2.06. The lowest BCUT2D eigenvalue weighted by atomic mass is 10.2. The minimum Gasteiger partial charge on any atom is -0.482 e. The highest BCUT2D eigenvalue weighted by atomic mass is 32.1. The Bertz CT molecular complexity index is 839. The number of cyclic esters (lactones) is 1. The minimum absolute atomic E-state index is 0.170. The molecular weight excluding hydrogens is 342 g/mol. The highest BCUT2D eigenvalue weighted by Crippen LogP contribution is 2.23. The van der Waals surface area contributed by atoms with Gasteiger partial charge in [-0.25, -0.2) is 14.6 Å². The van der Waals surface area contributed by atoms with Crippen molar-refractivity contribution in [3.05, 3.63) is 57.9 Å². The second kappa shape index (κ2) is 7.76. The van der Waals surface area contributed by atoms with E-state index < -0.39 is 11.9 Å². The molecule has 7 heteroatoms. The van der Waals surface area contributed by atoms with Crippen LogP contribution >= 0.6 is 11.3 Å². The van der Waals surface area contributed by atoms with Crippen molar-refractivity contribution in [2.75, 3.05) is 13.2 Å². The number of nitrogens with zero attached hydrogens (tertiary/aromatic N) is 1. The number of benzene rings is 1. The molecule has 1 aromatic heterocycles. The average Bonchev–Trinajstić information content (AvgIpc) is 3.24. The van der Waals surface area contributed by atoms with Crippen LogP contribution in [-0.2, 0) is 19.1 Å². The van der Waals surface area contributed by atoms with Crippen molar-refractivity contribution in [1.82, 2.24) is 0 Å². The largest absolute Gasteiger partial charge is 0.482 e. The number of carbonyl (C=O) groups excluding carboxylic acids is 2. The van der Waals surface area contributed by atoms with Crippen LogP contribution in [0.4, 0.5) is 0 Å². The molecule has 3 rings (SSSR count). The first kappa shape index (κ1) is 16.9. The first-order valence-corrected chi connectivity index (χ1v) is 8.48. The second-order valence-corrected chi connectivity index (χ2v) is 5.93. The molecule has 0 atom stereocenters. The summed E-state index contributed by atoms with van der Waals surface area (Å²) in [6.07, 6.45) is 1.61. The Morgan fingerprint density at radius 2 is 2.20 bits per heavy atom. The Morgan fingerprint density at radius 3 is 2.96 bits per heavy atom. The zero-order valence-corrected chi connectivity index (χ0v) is 14.2. The molecule has 0 fully saturated rings. The van der Waals surface area contributed by atoms with Gasteiger partial charge in [0, 0.05) is 0 Å². The summed E-state index contributed by atoms with van der Waals surface area (Å²) < 4.78 is 15.4. The normalized spacial score (nSPS) is 15.0. The smallest absolute Gasteiger partial charge is 0.363 e. The monoisotopic (exact) mass is 357 g/mol. The van der Waals surface area contributed by atoms with Crippen LogP contribution in [0.2, 0.25) is 0 Å². The molecule has 0 saturated carbocycles. The third-order valence-electron chi connectivity index (χ3n) is 3.18. The van der Waals surface area contributed by atoms with Crippen LogP contribution in [-0.4, -0.2) is 31.1 Å². The predicted octanol–water partition coefficient (Wildman–Crippen LogP) is 3.03. The fourth-order valence-electron chi connectivity index (χ4n) is 2.11. The van der Waals surface area contributed by atoms with Crippen LogP contribution < -0.4 is 4.74 Å². The van der Waals surface area contributed by atoms with E-state index in [4.69, 9.17) is 14.2 Å². The molecule has 2 aromatic rings. The molecule has 0 spiro atoms. The van der Waals surface area contributed by atoms with E-state index in [9.17, 15) is 9.59 Å². The van der Waals surface area contributed by atoms with Crippen LogP contribution in [0.25, 0.3) is 6.08 Å². The molecule has 0 N–H and O–H groups in total. The van der Waals surface area contributed by atoms with Crippen LogP contribution in [0, 0.1) is 0 Å².